The summed E-state index contributed by atoms with van der Waals surface area (Å²) in [6, 6.07) is 5.75. The van der Waals surface area contributed by atoms with Crippen LogP contribution >= 0.6 is 15.9 Å². The molecule has 1 aromatic heterocycles. The smallest absolute Gasteiger partial charge is 0.169 e. The van der Waals surface area contributed by atoms with E-state index in [9.17, 15) is 9.18 Å². The summed E-state index contributed by atoms with van der Waals surface area (Å²) in [6.45, 7) is 0. The van der Waals surface area contributed by atoms with E-state index in [-0.39, 0.29) is 5.82 Å². The van der Waals surface area contributed by atoms with Crippen LogP contribution in [0.25, 0.3) is 5.69 Å². The fraction of sp³-hybridized carbons (Fsp3) is 0. The largest absolute Gasteiger partial charge is 0.296 e. The van der Waals surface area contributed by atoms with E-state index in [2.05, 4.69) is 21.0 Å². The van der Waals surface area contributed by atoms with Gasteiger partial charge in [-0.15, -0.1) is 0 Å². The number of aldehydes is 1. The van der Waals surface area contributed by atoms with E-state index in [0.717, 1.165) is 0 Å². The summed E-state index contributed by atoms with van der Waals surface area (Å²) in [5.74, 6) is -0.322. The fourth-order valence-electron chi connectivity index (χ4n) is 1.23. The number of carbonyl (C=O) groups excluding carboxylic acids is 1. The third-order valence-electron chi connectivity index (χ3n) is 1.94. The van der Waals surface area contributed by atoms with Gasteiger partial charge in [0.2, 0.25) is 0 Å². The van der Waals surface area contributed by atoms with Crippen LogP contribution in [0.4, 0.5) is 4.39 Å². The lowest BCUT2D eigenvalue weighted by Gasteiger charge is -2.02. The molecule has 15 heavy (non-hydrogen) atoms. The molecule has 0 atom stereocenters. The molecule has 0 amide bonds. The average Bonchev–Trinajstić information content (AvgIpc) is 2.61. The summed E-state index contributed by atoms with van der Waals surface area (Å²) < 4.78 is 14.7. The summed E-state index contributed by atoms with van der Waals surface area (Å²) >= 11 is 3.20. The normalized spacial score (nSPS) is 10.3. The number of rotatable bonds is 2. The first-order valence-electron chi connectivity index (χ1n) is 4.17. The third kappa shape index (κ3) is 1.83. The van der Waals surface area contributed by atoms with Crippen LogP contribution in [-0.2, 0) is 0 Å². The molecule has 1 aromatic carbocycles. The topological polar surface area (TPSA) is 34.9 Å². The standard InChI is InChI=1S/C10H6BrFN2O/c11-9-5-13-14(10(9)6-15)8-3-1-7(12)2-4-8/h1-6H. The van der Waals surface area contributed by atoms with Crippen molar-refractivity contribution < 1.29 is 9.18 Å². The zero-order valence-electron chi connectivity index (χ0n) is 7.52. The Balaban J connectivity index is 2.53. The van der Waals surface area contributed by atoms with Crippen molar-refractivity contribution >= 4 is 22.2 Å². The molecule has 0 saturated heterocycles. The second-order valence-corrected chi connectivity index (χ2v) is 3.74. The van der Waals surface area contributed by atoms with Gasteiger partial charge in [-0.3, -0.25) is 4.79 Å². The number of hydrogen-bond donors (Lipinski definition) is 0. The van der Waals surface area contributed by atoms with Gasteiger partial charge in [0.15, 0.2) is 6.29 Å². The van der Waals surface area contributed by atoms with Gasteiger partial charge in [-0.25, -0.2) is 9.07 Å². The molecule has 1 heterocycles. The average molecular weight is 269 g/mol. The van der Waals surface area contributed by atoms with Crippen LogP contribution in [0.2, 0.25) is 0 Å². The second kappa shape index (κ2) is 3.94. The molecular weight excluding hydrogens is 263 g/mol. The van der Waals surface area contributed by atoms with E-state index < -0.39 is 0 Å². The van der Waals surface area contributed by atoms with E-state index in [0.29, 0.717) is 22.1 Å². The molecule has 0 aliphatic carbocycles. The minimum atomic E-state index is -0.322. The van der Waals surface area contributed by atoms with Gasteiger partial charge in [-0.2, -0.15) is 5.10 Å². The number of nitrogens with zero attached hydrogens (tertiary/aromatic N) is 2. The Morgan fingerprint density at radius 1 is 1.33 bits per heavy atom. The van der Waals surface area contributed by atoms with Crippen LogP contribution in [0.15, 0.2) is 34.9 Å². The molecule has 3 nitrogen and oxygen atoms in total. The zero-order chi connectivity index (χ0) is 10.8. The van der Waals surface area contributed by atoms with Gasteiger partial charge in [0.25, 0.3) is 0 Å². The molecule has 0 bridgehead atoms. The molecule has 0 radical (unpaired) electrons. The highest BCUT2D eigenvalue weighted by Gasteiger charge is 2.08. The Kier molecular flexibility index (Phi) is 2.64. The van der Waals surface area contributed by atoms with E-state index in [1.807, 2.05) is 0 Å². The fourth-order valence-corrected chi connectivity index (χ4v) is 1.59. The minimum absolute atomic E-state index is 0.322. The Labute approximate surface area is 93.7 Å². The predicted molar refractivity (Wildman–Crippen MR) is 56.6 cm³/mol. The lowest BCUT2D eigenvalue weighted by atomic mass is 10.3. The summed E-state index contributed by atoms with van der Waals surface area (Å²) in [7, 11) is 0. The monoisotopic (exact) mass is 268 g/mol. The molecular formula is C10H6BrFN2O. The van der Waals surface area contributed by atoms with E-state index >= 15 is 0 Å². The second-order valence-electron chi connectivity index (χ2n) is 2.88. The zero-order valence-corrected chi connectivity index (χ0v) is 9.11. The highest BCUT2D eigenvalue weighted by Crippen LogP contribution is 2.18. The molecule has 5 heteroatoms. The van der Waals surface area contributed by atoms with Gasteiger partial charge in [0.05, 0.1) is 16.4 Å². The number of carbonyl (C=O) groups is 1. The van der Waals surface area contributed by atoms with Crippen molar-refractivity contribution in [1.29, 1.82) is 0 Å². The van der Waals surface area contributed by atoms with E-state index in [4.69, 9.17) is 0 Å². The lowest BCUT2D eigenvalue weighted by Crippen LogP contribution is -2.01. The van der Waals surface area contributed by atoms with E-state index in [1.54, 1.807) is 12.1 Å². The minimum Gasteiger partial charge on any atom is -0.296 e. The molecule has 0 unspecified atom stereocenters. The van der Waals surface area contributed by atoms with Crippen LogP contribution in [0.1, 0.15) is 10.5 Å². The Morgan fingerprint density at radius 2 is 2.00 bits per heavy atom. The van der Waals surface area contributed by atoms with Gasteiger partial charge in [-0.1, -0.05) is 0 Å². The number of aromatic nitrogens is 2. The molecule has 0 saturated carbocycles. The summed E-state index contributed by atoms with van der Waals surface area (Å²) in [4.78, 5) is 10.8. The Bertz CT molecular complexity index is 493. The molecule has 0 fully saturated rings. The first kappa shape index (κ1) is 10.0. The summed E-state index contributed by atoms with van der Waals surface area (Å²) in [5.41, 5.74) is 1.05. The van der Waals surface area contributed by atoms with Gasteiger partial charge in [0, 0.05) is 0 Å². The van der Waals surface area contributed by atoms with Crippen LogP contribution in [0.5, 0.6) is 0 Å². The Hall–Kier alpha value is -1.49. The van der Waals surface area contributed by atoms with E-state index in [1.165, 1.54) is 23.0 Å². The molecule has 0 N–H and O–H groups in total. The Morgan fingerprint density at radius 3 is 2.60 bits per heavy atom. The van der Waals surface area contributed by atoms with Crippen molar-refractivity contribution in [3.8, 4) is 5.69 Å². The quantitative estimate of drug-likeness (QED) is 0.785. The molecule has 0 spiro atoms. The highest BCUT2D eigenvalue weighted by atomic mass is 79.9. The molecule has 2 aromatic rings. The summed E-state index contributed by atoms with van der Waals surface area (Å²) in [5, 5.41) is 4.00. The molecule has 76 valence electrons. The number of halogens is 2. The van der Waals surface area contributed by atoms with Crippen LogP contribution in [0.3, 0.4) is 0 Å². The summed E-state index contributed by atoms with van der Waals surface area (Å²) in [6.07, 6.45) is 2.22. The van der Waals surface area contributed by atoms with Crippen molar-refractivity contribution in [3.05, 3.63) is 46.4 Å². The van der Waals surface area contributed by atoms with Crippen molar-refractivity contribution in [3.63, 3.8) is 0 Å². The van der Waals surface area contributed by atoms with Gasteiger partial charge < -0.3 is 0 Å². The van der Waals surface area contributed by atoms with Gasteiger partial charge >= 0.3 is 0 Å². The van der Waals surface area contributed by atoms with Gasteiger partial charge in [0.1, 0.15) is 11.5 Å². The number of benzene rings is 1. The van der Waals surface area contributed by atoms with Crippen molar-refractivity contribution in [1.82, 2.24) is 9.78 Å². The third-order valence-corrected chi connectivity index (χ3v) is 2.55. The van der Waals surface area contributed by atoms with Crippen LogP contribution < -0.4 is 0 Å². The maximum Gasteiger partial charge on any atom is 0.169 e. The predicted octanol–water partition coefficient (Wildman–Crippen LogP) is 2.59. The van der Waals surface area contributed by atoms with Crippen LogP contribution in [0, 0.1) is 5.82 Å². The number of hydrogen-bond acceptors (Lipinski definition) is 2. The van der Waals surface area contributed by atoms with Crippen LogP contribution in [-0.4, -0.2) is 16.1 Å². The molecule has 0 aliphatic rings. The first-order valence-corrected chi connectivity index (χ1v) is 4.96. The first-order chi connectivity index (χ1) is 7.22. The van der Waals surface area contributed by atoms with Crippen molar-refractivity contribution in [2.75, 3.05) is 0 Å². The van der Waals surface area contributed by atoms with Crippen molar-refractivity contribution in [2.24, 2.45) is 0 Å². The highest BCUT2D eigenvalue weighted by molar-refractivity contribution is 9.10. The van der Waals surface area contributed by atoms with Gasteiger partial charge in [-0.05, 0) is 40.2 Å². The lowest BCUT2D eigenvalue weighted by molar-refractivity contribution is 0.111. The molecule has 0 aliphatic heterocycles. The molecule has 2 rings (SSSR count). The maximum atomic E-state index is 12.7. The SMILES string of the molecule is O=Cc1c(Br)cnn1-c1ccc(F)cc1. The maximum absolute atomic E-state index is 12.7. The van der Waals surface area contributed by atoms with Crippen molar-refractivity contribution in [2.45, 2.75) is 0 Å².